The molecule has 0 unspecified atom stereocenters. The minimum absolute atomic E-state index is 0.0424. The van der Waals surface area contributed by atoms with Crippen LogP contribution >= 0.6 is 0 Å². The summed E-state index contributed by atoms with van der Waals surface area (Å²) in [6.45, 7) is 0.874. The number of rotatable bonds is 7. The average molecular weight is 413 g/mol. The van der Waals surface area contributed by atoms with E-state index < -0.39 is 23.5 Å². The summed E-state index contributed by atoms with van der Waals surface area (Å²) in [5.41, 5.74) is 0.514. The highest BCUT2D eigenvalue weighted by Crippen LogP contribution is 2.43. The van der Waals surface area contributed by atoms with Crippen LogP contribution in [0, 0.1) is 0 Å². The topological polar surface area (TPSA) is 98.4 Å². The summed E-state index contributed by atoms with van der Waals surface area (Å²) < 4.78 is 21.7. The number of aliphatic hydroxyl groups excluding tert-OH is 1. The van der Waals surface area contributed by atoms with Crippen molar-refractivity contribution in [2.75, 3.05) is 27.4 Å². The standard InChI is InChI=1S/C22H23NO7/c1-27-13-7-8-15(17(11-13)28-2)19-18(20(24)16-6-4-10-30-16)21(25)22(26)23(19)12-14-5-3-9-29-14/h4,6-8,10-11,14,19,25H,3,5,9,12H2,1-2H3/t14-,19-/m1/s1. The van der Waals surface area contributed by atoms with Crippen molar-refractivity contribution in [2.24, 2.45) is 0 Å². The Balaban J connectivity index is 1.81. The summed E-state index contributed by atoms with van der Waals surface area (Å²) in [5.74, 6) is -0.716. The molecule has 0 spiro atoms. The van der Waals surface area contributed by atoms with Crippen LogP contribution in [-0.4, -0.2) is 55.2 Å². The molecule has 2 atom stereocenters. The molecule has 30 heavy (non-hydrogen) atoms. The summed E-state index contributed by atoms with van der Waals surface area (Å²) >= 11 is 0. The van der Waals surface area contributed by atoms with E-state index in [-0.39, 0.29) is 24.0 Å². The Kier molecular flexibility index (Phi) is 5.50. The molecule has 1 amide bonds. The summed E-state index contributed by atoms with van der Waals surface area (Å²) in [6, 6.07) is 7.35. The Hall–Kier alpha value is -3.26. The molecule has 8 nitrogen and oxygen atoms in total. The second kappa shape index (κ2) is 8.23. The fourth-order valence-electron chi connectivity index (χ4n) is 3.99. The summed E-state index contributed by atoms with van der Waals surface area (Å²) in [4.78, 5) is 27.6. The molecule has 2 aromatic rings. The van der Waals surface area contributed by atoms with Crippen molar-refractivity contribution in [1.82, 2.24) is 4.90 Å². The first-order valence-corrected chi connectivity index (χ1v) is 9.71. The van der Waals surface area contributed by atoms with Gasteiger partial charge in [0.05, 0.1) is 38.2 Å². The number of amides is 1. The van der Waals surface area contributed by atoms with Crippen LogP contribution in [0.1, 0.15) is 35.0 Å². The number of ether oxygens (including phenoxy) is 3. The maximum absolute atomic E-state index is 13.2. The van der Waals surface area contributed by atoms with Crippen LogP contribution in [0.2, 0.25) is 0 Å². The number of carbonyl (C=O) groups excluding carboxylic acids is 2. The number of methoxy groups -OCH3 is 2. The van der Waals surface area contributed by atoms with Gasteiger partial charge in [-0.05, 0) is 37.1 Å². The monoisotopic (exact) mass is 413 g/mol. The molecule has 4 rings (SSSR count). The van der Waals surface area contributed by atoms with Gasteiger partial charge in [-0.15, -0.1) is 0 Å². The number of nitrogens with zero attached hydrogens (tertiary/aromatic N) is 1. The third-order valence-electron chi connectivity index (χ3n) is 5.45. The van der Waals surface area contributed by atoms with Crippen LogP contribution in [0.5, 0.6) is 11.5 Å². The SMILES string of the molecule is COc1ccc([C@@H]2C(C(=O)c3ccco3)=C(O)C(=O)N2C[C@H]2CCCO2)c(OC)c1. The maximum atomic E-state index is 13.2. The number of Topliss-reactive ketones (excluding diaryl/α,β-unsaturated/α-hetero) is 1. The molecule has 1 aromatic carbocycles. The van der Waals surface area contributed by atoms with Crippen LogP contribution < -0.4 is 9.47 Å². The van der Waals surface area contributed by atoms with Crippen molar-refractivity contribution in [3.63, 3.8) is 0 Å². The number of hydrogen-bond acceptors (Lipinski definition) is 7. The summed E-state index contributed by atoms with van der Waals surface area (Å²) in [6.07, 6.45) is 2.92. The van der Waals surface area contributed by atoms with Crippen LogP contribution in [0.4, 0.5) is 0 Å². The van der Waals surface area contributed by atoms with Gasteiger partial charge < -0.3 is 28.6 Å². The first-order valence-electron chi connectivity index (χ1n) is 9.71. The molecule has 0 bridgehead atoms. The zero-order chi connectivity index (χ0) is 21.3. The highest BCUT2D eigenvalue weighted by Gasteiger charge is 2.46. The van der Waals surface area contributed by atoms with Gasteiger partial charge in [0, 0.05) is 24.8 Å². The zero-order valence-electron chi connectivity index (χ0n) is 16.8. The molecule has 1 aromatic heterocycles. The average Bonchev–Trinajstić information content (AvgIpc) is 3.52. The van der Waals surface area contributed by atoms with Gasteiger partial charge in [0.1, 0.15) is 11.5 Å². The van der Waals surface area contributed by atoms with E-state index in [4.69, 9.17) is 18.6 Å². The molecule has 0 aliphatic carbocycles. The van der Waals surface area contributed by atoms with Crippen LogP contribution in [0.3, 0.4) is 0 Å². The van der Waals surface area contributed by atoms with E-state index in [9.17, 15) is 14.7 Å². The molecule has 0 saturated carbocycles. The smallest absolute Gasteiger partial charge is 0.290 e. The number of furan rings is 1. The van der Waals surface area contributed by atoms with Crippen molar-refractivity contribution in [3.05, 3.63) is 59.3 Å². The van der Waals surface area contributed by atoms with Gasteiger partial charge in [0.15, 0.2) is 11.5 Å². The second-order valence-electron chi connectivity index (χ2n) is 7.17. The van der Waals surface area contributed by atoms with Gasteiger partial charge in [-0.1, -0.05) is 0 Å². The predicted octanol–water partition coefficient (Wildman–Crippen LogP) is 3.05. The lowest BCUT2D eigenvalue weighted by atomic mass is 9.94. The predicted molar refractivity (Wildman–Crippen MR) is 106 cm³/mol. The summed E-state index contributed by atoms with van der Waals surface area (Å²) in [7, 11) is 3.03. The van der Waals surface area contributed by atoms with E-state index in [2.05, 4.69) is 0 Å². The molecule has 2 aliphatic rings. The maximum Gasteiger partial charge on any atom is 0.290 e. The molecule has 1 N–H and O–H groups in total. The van der Waals surface area contributed by atoms with Gasteiger partial charge in [0.2, 0.25) is 5.78 Å². The normalized spacial score (nSPS) is 21.4. The molecular weight excluding hydrogens is 390 g/mol. The third-order valence-corrected chi connectivity index (χ3v) is 5.45. The van der Waals surface area contributed by atoms with Crippen LogP contribution in [0.15, 0.2) is 52.3 Å². The number of carbonyl (C=O) groups is 2. The zero-order valence-corrected chi connectivity index (χ0v) is 16.8. The quantitative estimate of drug-likeness (QED) is 0.697. The molecule has 8 heteroatoms. The lowest BCUT2D eigenvalue weighted by Crippen LogP contribution is -2.37. The Morgan fingerprint density at radius 1 is 1.27 bits per heavy atom. The minimum Gasteiger partial charge on any atom is -0.503 e. The van der Waals surface area contributed by atoms with Crippen molar-refractivity contribution < 1.29 is 33.3 Å². The van der Waals surface area contributed by atoms with E-state index in [0.717, 1.165) is 12.8 Å². The molecule has 2 aliphatic heterocycles. The fraction of sp³-hybridized carbons (Fsp3) is 0.364. The van der Waals surface area contributed by atoms with Crippen LogP contribution in [-0.2, 0) is 9.53 Å². The molecule has 158 valence electrons. The third kappa shape index (κ3) is 3.43. The Labute approximate surface area is 173 Å². The van der Waals surface area contributed by atoms with Gasteiger partial charge in [-0.2, -0.15) is 0 Å². The molecule has 0 radical (unpaired) electrons. The van der Waals surface area contributed by atoms with E-state index >= 15 is 0 Å². The fourth-order valence-corrected chi connectivity index (χ4v) is 3.99. The lowest BCUT2D eigenvalue weighted by molar-refractivity contribution is -0.131. The first-order chi connectivity index (χ1) is 14.5. The Morgan fingerprint density at radius 3 is 2.73 bits per heavy atom. The molecule has 1 saturated heterocycles. The van der Waals surface area contributed by atoms with E-state index in [1.54, 1.807) is 24.3 Å². The molecule has 3 heterocycles. The van der Waals surface area contributed by atoms with Crippen LogP contribution in [0.25, 0.3) is 0 Å². The highest BCUT2D eigenvalue weighted by molar-refractivity contribution is 6.15. The Bertz CT molecular complexity index is 973. The van der Waals surface area contributed by atoms with Crippen molar-refractivity contribution in [2.45, 2.75) is 25.0 Å². The lowest BCUT2D eigenvalue weighted by Gasteiger charge is -2.29. The van der Waals surface area contributed by atoms with Gasteiger partial charge in [0.25, 0.3) is 5.91 Å². The molecule has 1 fully saturated rings. The number of aliphatic hydroxyl groups is 1. The number of ketones is 1. The second-order valence-corrected chi connectivity index (χ2v) is 7.17. The minimum atomic E-state index is -0.847. The van der Waals surface area contributed by atoms with E-state index in [1.807, 2.05) is 0 Å². The Morgan fingerprint density at radius 2 is 2.10 bits per heavy atom. The van der Waals surface area contributed by atoms with E-state index in [0.29, 0.717) is 23.7 Å². The largest absolute Gasteiger partial charge is 0.503 e. The number of hydrogen-bond donors (Lipinski definition) is 1. The van der Waals surface area contributed by atoms with Crippen molar-refractivity contribution in [1.29, 1.82) is 0 Å². The molecular formula is C22H23NO7. The van der Waals surface area contributed by atoms with Gasteiger partial charge in [-0.25, -0.2) is 0 Å². The first kappa shape index (κ1) is 20.0. The number of benzene rings is 1. The van der Waals surface area contributed by atoms with Crippen molar-refractivity contribution >= 4 is 11.7 Å². The summed E-state index contributed by atoms with van der Waals surface area (Å²) in [5, 5.41) is 10.7. The van der Waals surface area contributed by atoms with E-state index in [1.165, 1.54) is 31.4 Å². The van der Waals surface area contributed by atoms with Crippen molar-refractivity contribution in [3.8, 4) is 11.5 Å². The highest BCUT2D eigenvalue weighted by atomic mass is 16.5. The van der Waals surface area contributed by atoms with Gasteiger partial charge in [-0.3, -0.25) is 9.59 Å². The van der Waals surface area contributed by atoms with Gasteiger partial charge >= 0.3 is 0 Å².